The van der Waals surface area contributed by atoms with Gasteiger partial charge in [0.05, 0.1) is 25.3 Å². The zero-order valence-electron chi connectivity index (χ0n) is 21.6. The first-order valence-corrected chi connectivity index (χ1v) is 12.0. The average molecular weight is 502 g/mol. The van der Waals surface area contributed by atoms with Crippen LogP contribution in [-0.2, 0) is 16.1 Å². The highest BCUT2D eigenvalue weighted by Crippen LogP contribution is 2.42. The molecule has 0 radical (unpaired) electrons. The summed E-state index contributed by atoms with van der Waals surface area (Å²) < 4.78 is 11.4. The van der Waals surface area contributed by atoms with Gasteiger partial charge in [-0.25, -0.2) is 0 Å². The number of hydrogen-bond acceptors (Lipinski definition) is 6. The fourth-order valence-electron chi connectivity index (χ4n) is 4.47. The van der Waals surface area contributed by atoms with Crippen LogP contribution in [-0.4, -0.2) is 39.5 Å². The maximum absolute atomic E-state index is 13.4. The van der Waals surface area contributed by atoms with Gasteiger partial charge in [0.2, 0.25) is 0 Å². The molecule has 1 fully saturated rings. The van der Waals surface area contributed by atoms with Crippen molar-refractivity contribution in [1.29, 1.82) is 0 Å². The number of likely N-dealkylation sites (tertiary alicyclic amines) is 1. The number of aryl methyl sites for hydroxylation is 1. The van der Waals surface area contributed by atoms with Crippen LogP contribution in [0.15, 0.2) is 72.3 Å². The van der Waals surface area contributed by atoms with Crippen LogP contribution in [0.25, 0.3) is 5.76 Å². The van der Waals surface area contributed by atoms with Gasteiger partial charge in [-0.05, 0) is 75.2 Å². The summed E-state index contributed by atoms with van der Waals surface area (Å²) in [4.78, 5) is 28.2. The summed E-state index contributed by atoms with van der Waals surface area (Å²) in [5.41, 5.74) is 2.00. The highest BCUT2D eigenvalue weighted by atomic mass is 16.5. The summed E-state index contributed by atoms with van der Waals surface area (Å²) in [7, 11) is 1.55. The second-order valence-electron chi connectivity index (χ2n) is 10.0. The van der Waals surface area contributed by atoms with Gasteiger partial charge in [-0.3, -0.25) is 9.59 Å². The number of ketones is 1. The lowest BCUT2D eigenvalue weighted by molar-refractivity contribution is -0.140. The molecule has 192 valence electrons. The lowest BCUT2D eigenvalue weighted by atomic mass is 9.94. The monoisotopic (exact) mass is 501 g/mol. The van der Waals surface area contributed by atoms with E-state index >= 15 is 0 Å². The second-order valence-corrected chi connectivity index (χ2v) is 10.0. The molecular weight excluding hydrogens is 470 g/mol. The van der Waals surface area contributed by atoms with Gasteiger partial charge < -0.3 is 24.6 Å². The summed E-state index contributed by atoms with van der Waals surface area (Å²) in [6.45, 7) is 7.72. The van der Waals surface area contributed by atoms with Crippen LogP contribution < -0.4 is 9.47 Å². The van der Waals surface area contributed by atoms with Crippen molar-refractivity contribution in [2.45, 2.75) is 45.9 Å². The molecule has 1 atom stereocenters. The first-order valence-electron chi connectivity index (χ1n) is 12.0. The molecule has 7 nitrogen and oxygen atoms in total. The number of ether oxygens (including phenoxy) is 2. The molecule has 2 N–H and O–H groups in total. The number of carbonyl (C=O) groups is 2. The summed E-state index contributed by atoms with van der Waals surface area (Å²) in [5.74, 6) is -0.484. The topological polar surface area (TPSA) is 96.3 Å². The Hall–Kier alpha value is -4.26. The Morgan fingerprint density at radius 2 is 1.65 bits per heavy atom. The molecule has 3 aromatic carbocycles. The van der Waals surface area contributed by atoms with Gasteiger partial charge in [-0.2, -0.15) is 0 Å². The zero-order valence-corrected chi connectivity index (χ0v) is 21.6. The predicted octanol–water partition coefficient (Wildman–Crippen LogP) is 5.51. The summed E-state index contributed by atoms with van der Waals surface area (Å²) in [6, 6.07) is 17.8. The molecule has 0 bridgehead atoms. The zero-order chi connectivity index (χ0) is 26.9. The lowest BCUT2D eigenvalue weighted by Gasteiger charge is -2.28. The third-order valence-corrected chi connectivity index (χ3v) is 6.15. The minimum atomic E-state index is -0.870. The Morgan fingerprint density at radius 3 is 2.27 bits per heavy atom. The number of aliphatic hydroxyl groups is 1. The van der Waals surface area contributed by atoms with Crippen LogP contribution in [0.4, 0.5) is 0 Å². The van der Waals surface area contributed by atoms with Crippen molar-refractivity contribution in [3.63, 3.8) is 0 Å². The van der Waals surface area contributed by atoms with E-state index in [4.69, 9.17) is 9.47 Å². The number of hydrogen-bond donors (Lipinski definition) is 2. The van der Waals surface area contributed by atoms with E-state index in [-0.39, 0.29) is 23.6 Å². The van der Waals surface area contributed by atoms with Gasteiger partial charge in [0.25, 0.3) is 11.7 Å². The van der Waals surface area contributed by atoms with Crippen molar-refractivity contribution in [3.8, 4) is 17.2 Å². The Balaban J connectivity index is 1.85. The van der Waals surface area contributed by atoms with Crippen LogP contribution in [0.1, 0.15) is 49.1 Å². The molecule has 1 aliphatic rings. The number of nitrogens with zero attached hydrogens (tertiary/aromatic N) is 1. The van der Waals surface area contributed by atoms with Crippen LogP contribution in [0.2, 0.25) is 0 Å². The first-order chi connectivity index (χ1) is 17.5. The number of benzene rings is 3. The van der Waals surface area contributed by atoms with Gasteiger partial charge in [-0.1, -0.05) is 30.3 Å². The quantitative estimate of drug-likeness (QED) is 0.263. The Labute approximate surface area is 216 Å². The number of Topliss-reactive ketones (excluding diaryl/α,β-unsaturated/α-hetero) is 1. The van der Waals surface area contributed by atoms with Crippen molar-refractivity contribution in [1.82, 2.24) is 4.90 Å². The third kappa shape index (κ3) is 5.31. The van der Waals surface area contributed by atoms with E-state index in [2.05, 4.69) is 0 Å². The van der Waals surface area contributed by atoms with E-state index in [9.17, 15) is 19.8 Å². The fourth-order valence-corrected chi connectivity index (χ4v) is 4.47. The number of rotatable bonds is 6. The van der Waals surface area contributed by atoms with Crippen molar-refractivity contribution < 1.29 is 29.3 Å². The molecule has 37 heavy (non-hydrogen) atoms. The summed E-state index contributed by atoms with van der Waals surface area (Å²) >= 11 is 0. The molecular formula is C30H31NO6. The molecule has 1 aliphatic heterocycles. The molecule has 0 aromatic heterocycles. The molecule has 3 aromatic rings. The summed E-state index contributed by atoms with van der Waals surface area (Å²) in [6.07, 6.45) is 0. The largest absolute Gasteiger partial charge is 0.508 e. The van der Waals surface area contributed by atoms with Gasteiger partial charge in [-0.15, -0.1) is 0 Å². The molecule has 0 saturated carbocycles. The number of phenolic OH excluding ortho intramolecular Hbond substituents is 1. The SMILES string of the molecule is COc1ccc(/C(O)=C2/C(=O)C(=O)N(Cc3ccccc3OC(C)(C)C)C2c2ccc(O)cc2)cc1C. The van der Waals surface area contributed by atoms with Gasteiger partial charge in [0, 0.05) is 11.1 Å². The van der Waals surface area contributed by atoms with Crippen LogP contribution in [0.5, 0.6) is 17.2 Å². The van der Waals surface area contributed by atoms with E-state index in [1.165, 1.54) is 17.0 Å². The molecule has 1 heterocycles. The predicted molar refractivity (Wildman–Crippen MR) is 141 cm³/mol. The van der Waals surface area contributed by atoms with Gasteiger partial charge in [0.1, 0.15) is 28.6 Å². The number of para-hydroxylation sites is 1. The average Bonchev–Trinajstić information content (AvgIpc) is 3.09. The van der Waals surface area contributed by atoms with Gasteiger partial charge in [0.15, 0.2) is 0 Å². The normalized spacial score (nSPS) is 17.2. The maximum Gasteiger partial charge on any atom is 0.295 e. The second kappa shape index (κ2) is 10.0. The molecule has 1 saturated heterocycles. The Bertz CT molecular complexity index is 1370. The van der Waals surface area contributed by atoms with E-state index in [0.29, 0.717) is 22.6 Å². The molecule has 1 amide bonds. The van der Waals surface area contributed by atoms with Crippen molar-refractivity contribution in [3.05, 3.63) is 94.6 Å². The van der Waals surface area contributed by atoms with Crippen LogP contribution >= 0.6 is 0 Å². The number of aromatic hydroxyl groups is 1. The standard InChI is InChI=1S/C30H31NO6/c1-18-16-20(12-15-23(18)36-5)27(33)25-26(19-10-13-22(32)14-11-19)31(29(35)28(25)34)17-21-8-6-7-9-24(21)37-30(2,3)4/h6-16,26,32-33H,17H2,1-5H3/b27-25-. The Morgan fingerprint density at radius 1 is 0.973 bits per heavy atom. The van der Waals surface area contributed by atoms with Crippen LogP contribution in [0.3, 0.4) is 0 Å². The molecule has 0 spiro atoms. The number of carbonyl (C=O) groups excluding carboxylic acids is 2. The van der Waals surface area contributed by atoms with Gasteiger partial charge >= 0.3 is 0 Å². The fraction of sp³-hybridized carbons (Fsp3) is 0.267. The highest BCUT2D eigenvalue weighted by Gasteiger charge is 2.46. The first kappa shape index (κ1) is 25.8. The van der Waals surface area contributed by atoms with Crippen molar-refractivity contribution in [2.24, 2.45) is 0 Å². The Kier molecular flexibility index (Phi) is 6.99. The summed E-state index contributed by atoms with van der Waals surface area (Å²) in [5, 5.41) is 21.2. The van der Waals surface area contributed by atoms with E-state index in [1.54, 1.807) is 37.4 Å². The van der Waals surface area contributed by atoms with E-state index in [0.717, 1.165) is 11.1 Å². The van der Waals surface area contributed by atoms with E-state index < -0.39 is 23.3 Å². The molecule has 1 unspecified atom stereocenters. The number of phenols is 1. The molecule has 4 rings (SSSR count). The number of aliphatic hydroxyl groups excluding tert-OH is 1. The van der Waals surface area contributed by atoms with Crippen LogP contribution in [0, 0.1) is 6.92 Å². The molecule has 7 heteroatoms. The van der Waals surface area contributed by atoms with Crippen molar-refractivity contribution >= 4 is 17.4 Å². The third-order valence-electron chi connectivity index (χ3n) is 6.15. The maximum atomic E-state index is 13.4. The number of methoxy groups -OCH3 is 1. The van der Waals surface area contributed by atoms with E-state index in [1.807, 2.05) is 52.0 Å². The minimum Gasteiger partial charge on any atom is -0.508 e. The van der Waals surface area contributed by atoms with Crippen molar-refractivity contribution in [2.75, 3.05) is 7.11 Å². The lowest BCUT2D eigenvalue weighted by Crippen LogP contribution is -2.30. The smallest absolute Gasteiger partial charge is 0.295 e. The number of amides is 1. The highest BCUT2D eigenvalue weighted by molar-refractivity contribution is 6.46. The minimum absolute atomic E-state index is 0.0190. The molecule has 0 aliphatic carbocycles.